The zero-order valence-corrected chi connectivity index (χ0v) is 16.6. The Morgan fingerprint density at radius 2 is 1.96 bits per heavy atom. The van der Waals surface area contributed by atoms with Crippen molar-refractivity contribution in [3.8, 4) is 0 Å². The van der Waals surface area contributed by atoms with Crippen LogP contribution in [0.4, 0.5) is 0 Å². The molecule has 0 saturated heterocycles. The van der Waals surface area contributed by atoms with Crippen LogP contribution < -0.4 is 11.2 Å². The predicted molar refractivity (Wildman–Crippen MR) is 109 cm³/mol. The first-order chi connectivity index (χ1) is 13.1. The third-order valence-electron chi connectivity index (χ3n) is 5.26. The summed E-state index contributed by atoms with van der Waals surface area (Å²) in [6.45, 7) is 3.15. The van der Waals surface area contributed by atoms with Gasteiger partial charge in [-0.05, 0) is 43.7 Å². The lowest BCUT2D eigenvalue weighted by Gasteiger charge is -2.13. The second-order valence-electron chi connectivity index (χ2n) is 7.20. The summed E-state index contributed by atoms with van der Waals surface area (Å²) in [5.74, 6) is 0. The van der Waals surface area contributed by atoms with Gasteiger partial charge in [-0.15, -0.1) is 11.3 Å². The number of aryl methyl sites for hydroxylation is 3. The number of nitrogens with zero attached hydrogens (tertiary/aromatic N) is 2. The van der Waals surface area contributed by atoms with Gasteiger partial charge in [0.2, 0.25) is 0 Å². The Balaban J connectivity index is 1.96. The molecule has 3 aromatic rings. The molecule has 142 valence electrons. The van der Waals surface area contributed by atoms with Gasteiger partial charge >= 0.3 is 5.69 Å². The summed E-state index contributed by atoms with van der Waals surface area (Å²) in [4.78, 5) is 28.4. The highest BCUT2D eigenvalue weighted by atomic mass is 32.1. The van der Waals surface area contributed by atoms with Crippen LogP contribution in [0.15, 0.2) is 33.9 Å². The van der Waals surface area contributed by atoms with Crippen LogP contribution in [0.1, 0.15) is 34.4 Å². The summed E-state index contributed by atoms with van der Waals surface area (Å²) in [5, 5.41) is 0.748. The number of aromatic nitrogens is 2. The van der Waals surface area contributed by atoms with E-state index >= 15 is 0 Å². The normalized spacial score (nSPS) is 13.9. The van der Waals surface area contributed by atoms with Crippen molar-refractivity contribution < 1.29 is 4.74 Å². The Hall–Kier alpha value is -2.18. The average molecular weight is 385 g/mol. The number of thiophene rings is 1. The minimum Gasteiger partial charge on any atom is -0.383 e. The van der Waals surface area contributed by atoms with Crippen LogP contribution in [-0.4, -0.2) is 22.9 Å². The predicted octanol–water partition coefficient (Wildman–Crippen LogP) is 3.11. The minimum atomic E-state index is -0.246. The molecular weight excluding hydrogens is 360 g/mol. The topological polar surface area (TPSA) is 53.2 Å². The molecule has 1 aliphatic rings. The van der Waals surface area contributed by atoms with E-state index in [1.54, 1.807) is 23.0 Å². The van der Waals surface area contributed by atoms with Crippen LogP contribution in [0.5, 0.6) is 0 Å². The molecule has 0 atom stereocenters. The molecule has 0 unspecified atom stereocenters. The molecule has 1 aromatic carbocycles. The fraction of sp³-hybridized carbons (Fsp3) is 0.429. The lowest BCUT2D eigenvalue weighted by Crippen LogP contribution is -2.41. The number of fused-ring (bicyclic) bond motifs is 3. The number of benzene rings is 1. The molecule has 0 saturated carbocycles. The molecular formula is C21H24N2O3S. The van der Waals surface area contributed by atoms with Crippen LogP contribution in [0.25, 0.3) is 10.2 Å². The highest BCUT2D eigenvalue weighted by Crippen LogP contribution is 2.34. The van der Waals surface area contributed by atoms with E-state index in [0.717, 1.165) is 52.6 Å². The summed E-state index contributed by atoms with van der Waals surface area (Å²) in [6, 6.07) is 8.18. The maximum absolute atomic E-state index is 13.2. The smallest absolute Gasteiger partial charge is 0.332 e. The molecule has 2 heterocycles. The maximum atomic E-state index is 13.2. The van der Waals surface area contributed by atoms with Crippen molar-refractivity contribution in [1.82, 2.24) is 9.13 Å². The lowest BCUT2D eigenvalue weighted by atomic mass is 9.97. The first kappa shape index (κ1) is 18.2. The molecule has 0 bridgehead atoms. The fourth-order valence-corrected chi connectivity index (χ4v) is 5.30. The minimum absolute atomic E-state index is 0.160. The van der Waals surface area contributed by atoms with Crippen molar-refractivity contribution in [1.29, 1.82) is 0 Å². The molecule has 27 heavy (non-hydrogen) atoms. The van der Waals surface area contributed by atoms with E-state index in [9.17, 15) is 9.59 Å². The molecule has 1 aliphatic carbocycles. The fourth-order valence-electron chi connectivity index (χ4n) is 3.93. The van der Waals surface area contributed by atoms with Gasteiger partial charge in [-0.25, -0.2) is 4.79 Å². The summed E-state index contributed by atoms with van der Waals surface area (Å²) < 4.78 is 8.26. The molecule has 0 radical (unpaired) electrons. The van der Waals surface area contributed by atoms with Gasteiger partial charge < -0.3 is 4.74 Å². The summed E-state index contributed by atoms with van der Waals surface area (Å²) >= 11 is 1.63. The van der Waals surface area contributed by atoms with Crippen LogP contribution in [0, 0.1) is 6.92 Å². The van der Waals surface area contributed by atoms with Gasteiger partial charge in [0.25, 0.3) is 5.56 Å². The van der Waals surface area contributed by atoms with E-state index in [0.29, 0.717) is 13.2 Å². The Morgan fingerprint density at radius 3 is 2.74 bits per heavy atom. The third-order valence-corrected chi connectivity index (χ3v) is 6.58. The molecule has 5 nitrogen and oxygen atoms in total. The first-order valence-corrected chi connectivity index (χ1v) is 10.2. The molecule has 4 rings (SSSR count). The largest absolute Gasteiger partial charge is 0.383 e. The van der Waals surface area contributed by atoms with E-state index in [2.05, 4.69) is 6.07 Å². The van der Waals surface area contributed by atoms with E-state index in [-0.39, 0.29) is 17.8 Å². The quantitative estimate of drug-likeness (QED) is 0.679. The van der Waals surface area contributed by atoms with Crippen molar-refractivity contribution >= 4 is 21.6 Å². The monoisotopic (exact) mass is 384 g/mol. The lowest BCUT2D eigenvalue weighted by molar-refractivity contribution is 0.184. The average Bonchev–Trinajstić information content (AvgIpc) is 3.05. The van der Waals surface area contributed by atoms with E-state index in [4.69, 9.17) is 4.74 Å². The SMILES string of the molecule is COCCn1c(=O)c2c3c(sc2n(Cc2cccc(C)c2)c1=O)CCCC3. The maximum Gasteiger partial charge on any atom is 0.332 e. The van der Waals surface area contributed by atoms with Crippen molar-refractivity contribution in [2.75, 3.05) is 13.7 Å². The Morgan fingerprint density at radius 1 is 1.15 bits per heavy atom. The molecule has 0 amide bonds. The van der Waals surface area contributed by atoms with Gasteiger partial charge in [-0.3, -0.25) is 13.9 Å². The van der Waals surface area contributed by atoms with Crippen molar-refractivity contribution in [2.45, 2.75) is 45.7 Å². The second-order valence-corrected chi connectivity index (χ2v) is 8.28. The van der Waals surface area contributed by atoms with Crippen LogP contribution in [0.2, 0.25) is 0 Å². The van der Waals surface area contributed by atoms with Gasteiger partial charge in [0.1, 0.15) is 4.83 Å². The summed E-state index contributed by atoms with van der Waals surface area (Å²) in [5.41, 5.74) is 2.99. The van der Waals surface area contributed by atoms with Gasteiger partial charge in [0.05, 0.1) is 25.1 Å². The Bertz CT molecular complexity index is 1110. The Labute approximate surface area is 161 Å². The molecule has 0 N–H and O–H groups in total. The highest BCUT2D eigenvalue weighted by Gasteiger charge is 2.23. The number of rotatable bonds is 5. The van der Waals surface area contributed by atoms with Gasteiger partial charge in [0.15, 0.2) is 0 Å². The first-order valence-electron chi connectivity index (χ1n) is 9.42. The van der Waals surface area contributed by atoms with Gasteiger partial charge in [-0.1, -0.05) is 29.8 Å². The highest BCUT2D eigenvalue weighted by molar-refractivity contribution is 7.18. The molecule has 0 fully saturated rings. The molecule has 0 aliphatic heterocycles. The van der Waals surface area contributed by atoms with Crippen molar-refractivity contribution in [3.63, 3.8) is 0 Å². The van der Waals surface area contributed by atoms with Crippen LogP contribution >= 0.6 is 11.3 Å². The van der Waals surface area contributed by atoms with E-state index in [1.165, 1.54) is 9.44 Å². The van der Waals surface area contributed by atoms with Crippen molar-refractivity contribution in [3.05, 3.63) is 66.7 Å². The third kappa shape index (κ3) is 3.28. The number of hydrogen-bond donors (Lipinski definition) is 0. The number of methoxy groups -OCH3 is 1. The van der Waals surface area contributed by atoms with Crippen LogP contribution in [0.3, 0.4) is 0 Å². The second kappa shape index (κ2) is 7.44. The van der Waals surface area contributed by atoms with Crippen molar-refractivity contribution in [2.24, 2.45) is 0 Å². The van der Waals surface area contributed by atoms with Gasteiger partial charge in [0, 0.05) is 12.0 Å². The molecule has 2 aromatic heterocycles. The number of hydrogen-bond acceptors (Lipinski definition) is 4. The molecule has 0 spiro atoms. The summed E-state index contributed by atoms with van der Waals surface area (Å²) in [6.07, 6.45) is 4.19. The standard InChI is InChI=1S/C21H24N2O3S/c1-14-6-5-7-15(12-14)13-23-20-18(16-8-3-4-9-17(16)27-20)19(24)22(21(23)25)10-11-26-2/h5-7,12H,3-4,8-11,13H2,1-2H3. The molecule has 6 heteroatoms. The van der Waals surface area contributed by atoms with E-state index < -0.39 is 0 Å². The number of ether oxygens (including phenoxy) is 1. The van der Waals surface area contributed by atoms with Crippen LogP contribution in [-0.2, 0) is 30.7 Å². The zero-order valence-electron chi connectivity index (χ0n) is 15.8. The Kier molecular flexibility index (Phi) is 5.02. The van der Waals surface area contributed by atoms with E-state index in [1.807, 2.05) is 25.1 Å². The zero-order chi connectivity index (χ0) is 19.0. The van der Waals surface area contributed by atoms with Gasteiger partial charge in [-0.2, -0.15) is 0 Å². The summed E-state index contributed by atoms with van der Waals surface area (Å²) in [7, 11) is 1.58.